The van der Waals surface area contributed by atoms with Gasteiger partial charge in [0.1, 0.15) is 11.8 Å². The Bertz CT molecular complexity index is 2960. The highest BCUT2D eigenvalue weighted by molar-refractivity contribution is 6.14. The Balaban J connectivity index is 1.29. The van der Waals surface area contributed by atoms with Gasteiger partial charge in [-0.3, -0.25) is 0 Å². The molecule has 7 aromatic carbocycles. The monoisotopic (exact) mass is 742 g/mol. The predicted molar refractivity (Wildman–Crippen MR) is 243 cm³/mol. The molecule has 57 heavy (non-hydrogen) atoms. The molecule has 10 rings (SSSR count). The third kappa shape index (κ3) is 5.95. The number of fused-ring (bicyclic) bond motifs is 6. The van der Waals surface area contributed by atoms with Gasteiger partial charge < -0.3 is 14.3 Å². The first-order valence-corrected chi connectivity index (χ1v) is 20.8. The Hall–Kier alpha value is -6.06. The molecular weight excluding hydrogens is 693 g/mol. The Morgan fingerprint density at radius 2 is 1.30 bits per heavy atom. The van der Waals surface area contributed by atoms with Crippen molar-refractivity contribution in [3.63, 3.8) is 0 Å². The van der Waals surface area contributed by atoms with Crippen molar-refractivity contribution in [2.45, 2.75) is 77.6 Å². The summed E-state index contributed by atoms with van der Waals surface area (Å²) in [5.74, 6) is 0. The van der Waals surface area contributed by atoms with Gasteiger partial charge in [-0.15, -0.1) is 0 Å². The average molecular weight is 743 g/mol. The maximum Gasteiger partial charge on any atom is 0.136 e. The Morgan fingerprint density at radius 1 is 0.579 bits per heavy atom. The smallest absolute Gasteiger partial charge is 0.136 e. The number of unbranched alkanes of at least 4 members (excludes halogenated alkanes) is 1. The van der Waals surface area contributed by atoms with E-state index in [1.54, 1.807) is 0 Å². The predicted octanol–water partition coefficient (Wildman–Crippen LogP) is 15.7. The number of hydrogen-bond donors (Lipinski definition) is 1. The molecule has 1 aliphatic carbocycles. The molecule has 0 radical (unpaired) electrons. The van der Waals surface area contributed by atoms with E-state index in [2.05, 4.69) is 184 Å². The minimum atomic E-state index is 0.0550. The van der Waals surface area contributed by atoms with Crippen molar-refractivity contribution in [1.82, 2.24) is 4.98 Å². The third-order valence-corrected chi connectivity index (χ3v) is 12.9. The minimum Gasteiger partial charge on any atom is -0.462 e. The Labute approximate surface area is 336 Å². The van der Waals surface area contributed by atoms with Crippen LogP contribution in [-0.2, 0) is 17.3 Å². The fourth-order valence-electron chi connectivity index (χ4n) is 9.54. The highest BCUT2D eigenvalue weighted by atomic mass is 16.3. The van der Waals surface area contributed by atoms with Crippen LogP contribution in [0.25, 0.3) is 65.8 Å². The van der Waals surface area contributed by atoms with E-state index in [1.807, 2.05) is 6.26 Å². The zero-order valence-electron chi connectivity index (χ0n) is 33.7. The molecule has 0 atom stereocenters. The van der Waals surface area contributed by atoms with Crippen molar-refractivity contribution in [3.05, 3.63) is 162 Å². The van der Waals surface area contributed by atoms with Crippen LogP contribution in [0.3, 0.4) is 0 Å². The van der Waals surface area contributed by atoms with Crippen molar-refractivity contribution in [2.24, 2.45) is 0 Å². The molecule has 9 aromatic rings. The zero-order chi connectivity index (χ0) is 38.9. The van der Waals surface area contributed by atoms with Gasteiger partial charge in [-0.25, -0.2) is 0 Å². The van der Waals surface area contributed by atoms with Crippen LogP contribution >= 0.6 is 0 Å². The lowest BCUT2D eigenvalue weighted by Gasteiger charge is -2.41. The van der Waals surface area contributed by atoms with E-state index >= 15 is 0 Å². The summed E-state index contributed by atoms with van der Waals surface area (Å²) in [5.41, 5.74) is 15.6. The second-order valence-corrected chi connectivity index (χ2v) is 17.6. The number of aromatic nitrogens is 1. The second-order valence-electron chi connectivity index (χ2n) is 17.6. The Kier molecular flexibility index (Phi) is 8.41. The molecule has 0 amide bonds. The van der Waals surface area contributed by atoms with Crippen molar-refractivity contribution in [1.29, 1.82) is 0 Å². The van der Waals surface area contributed by atoms with E-state index < -0.39 is 0 Å². The van der Waals surface area contributed by atoms with Crippen molar-refractivity contribution < 1.29 is 4.42 Å². The molecule has 3 heteroatoms. The topological polar surface area (TPSA) is 32.2 Å². The number of nitrogens with zero attached hydrogens (tertiary/aromatic N) is 1. The van der Waals surface area contributed by atoms with E-state index in [9.17, 15) is 0 Å². The summed E-state index contributed by atoms with van der Waals surface area (Å²) in [6.45, 7) is 11.9. The quantitative estimate of drug-likeness (QED) is 0.168. The van der Waals surface area contributed by atoms with Gasteiger partial charge in [-0.2, -0.15) is 0 Å². The number of hydrogen-bond acceptors (Lipinski definition) is 2. The molecule has 0 saturated heterocycles. The van der Waals surface area contributed by atoms with E-state index in [-0.39, 0.29) is 10.8 Å². The first-order valence-electron chi connectivity index (χ1n) is 20.8. The molecule has 0 fully saturated rings. The number of benzene rings is 7. The summed E-state index contributed by atoms with van der Waals surface area (Å²) in [7, 11) is 0. The van der Waals surface area contributed by atoms with E-state index in [4.69, 9.17) is 4.42 Å². The fraction of sp³-hybridized carbons (Fsp3) is 0.222. The standard InChI is InChI=1S/C54H50N2O/c1-6-7-16-35-25-26-48(43(29-35)36-17-9-8-10-18-36)56(50-34-57-51-33-46-45(32-44(50)51)53(2,3)27-28-54(46,4)5)49-31-38(30-37-19-11-12-20-39(37)49)40-22-15-23-42-41-21-13-14-24-47(41)55-52(40)42/h8-15,17-26,29-34,55H,6-7,16,27-28H2,1-5H3. The molecule has 2 aromatic heterocycles. The summed E-state index contributed by atoms with van der Waals surface area (Å²) in [4.78, 5) is 6.30. The van der Waals surface area contributed by atoms with Crippen LogP contribution in [0.15, 0.2) is 150 Å². The van der Waals surface area contributed by atoms with E-state index in [1.165, 1.54) is 60.5 Å². The van der Waals surface area contributed by atoms with Crippen LogP contribution in [0.4, 0.5) is 17.1 Å². The van der Waals surface area contributed by atoms with Gasteiger partial charge in [0, 0.05) is 38.2 Å². The van der Waals surface area contributed by atoms with Gasteiger partial charge in [0.15, 0.2) is 0 Å². The van der Waals surface area contributed by atoms with Crippen molar-refractivity contribution >= 4 is 60.6 Å². The summed E-state index contributed by atoms with van der Waals surface area (Å²) in [5, 5.41) is 6.00. The molecule has 3 nitrogen and oxygen atoms in total. The van der Waals surface area contributed by atoms with E-state index in [0.717, 1.165) is 71.2 Å². The average Bonchev–Trinajstić information content (AvgIpc) is 3.83. The number of para-hydroxylation sites is 2. The summed E-state index contributed by atoms with van der Waals surface area (Å²) >= 11 is 0. The number of aromatic amines is 1. The Morgan fingerprint density at radius 3 is 2.11 bits per heavy atom. The normalized spacial score (nSPS) is 14.8. The fourth-order valence-corrected chi connectivity index (χ4v) is 9.54. The zero-order valence-corrected chi connectivity index (χ0v) is 33.7. The van der Waals surface area contributed by atoms with Crippen molar-refractivity contribution in [2.75, 3.05) is 4.90 Å². The molecule has 282 valence electrons. The summed E-state index contributed by atoms with van der Waals surface area (Å²) in [6.07, 6.45) is 7.69. The van der Waals surface area contributed by atoms with Crippen LogP contribution < -0.4 is 4.90 Å². The third-order valence-electron chi connectivity index (χ3n) is 12.9. The largest absolute Gasteiger partial charge is 0.462 e. The summed E-state index contributed by atoms with van der Waals surface area (Å²) in [6, 6.07) is 51.8. The number of rotatable bonds is 8. The number of H-pyrrole nitrogens is 1. The molecule has 0 unspecified atom stereocenters. The first kappa shape index (κ1) is 35.4. The van der Waals surface area contributed by atoms with Crippen LogP contribution in [0, 0.1) is 0 Å². The molecule has 0 saturated carbocycles. The lowest BCUT2D eigenvalue weighted by molar-refractivity contribution is 0.332. The maximum absolute atomic E-state index is 6.69. The van der Waals surface area contributed by atoms with Gasteiger partial charge in [0.05, 0.1) is 22.6 Å². The van der Waals surface area contributed by atoms with Gasteiger partial charge >= 0.3 is 0 Å². The van der Waals surface area contributed by atoms with Crippen LogP contribution in [-0.4, -0.2) is 4.98 Å². The highest BCUT2D eigenvalue weighted by Gasteiger charge is 2.38. The number of furan rings is 1. The van der Waals surface area contributed by atoms with E-state index in [0.29, 0.717) is 0 Å². The van der Waals surface area contributed by atoms with Gasteiger partial charge in [-0.05, 0) is 112 Å². The van der Waals surface area contributed by atoms with Crippen molar-refractivity contribution in [3.8, 4) is 22.3 Å². The van der Waals surface area contributed by atoms with Gasteiger partial charge in [-0.1, -0.05) is 138 Å². The molecular formula is C54H50N2O. The second kappa shape index (κ2) is 13.6. The molecule has 0 aliphatic heterocycles. The molecule has 1 N–H and O–H groups in total. The first-order chi connectivity index (χ1) is 27.7. The lowest BCUT2D eigenvalue weighted by Crippen LogP contribution is -2.33. The van der Waals surface area contributed by atoms with Crippen LogP contribution in [0.2, 0.25) is 0 Å². The molecule has 1 aliphatic rings. The maximum atomic E-state index is 6.69. The van der Waals surface area contributed by atoms with Gasteiger partial charge in [0.2, 0.25) is 0 Å². The lowest BCUT2D eigenvalue weighted by atomic mass is 9.63. The minimum absolute atomic E-state index is 0.0550. The number of anilines is 3. The van der Waals surface area contributed by atoms with Gasteiger partial charge in [0.25, 0.3) is 0 Å². The van der Waals surface area contributed by atoms with Crippen LogP contribution in [0.5, 0.6) is 0 Å². The van der Waals surface area contributed by atoms with Crippen LogP contribution in [0.1, 0.15) is 77.0 Å². The molecule has 2 heterocycles. The number of nitrogens with one attached hydrogen (secondary N) is 1. The number of aryl methyl sites for hydroxylation is 1. The summed E-state index contributed by atoms with van der Waals surface area (Å²) < 4.78 is 6.69. The molecule has 0 spiro atoms. The SMILES string of the molecule is CCCCc1ccc(N(c2cc(-c3cccc4c3[nH]c3ccccc34)cc3ccccc23)c2coc3cc4c(cc23)C(C)(C)CCC4(C)C)c(-c2ccccc2)c1. The highest BCUT2D eigenvalue weighted by Crippen LogP contribution is 2.52. The molecule has 0 bridgehead atoms.